The lowest BCUT2D eigenvalue weighted by atomic mass is 9.45. The van der Waals surface area contributed by atoms with Crippen LogP contribution in [0.4, 0.5) is 0 Å². The summed E-state index contributed by atoms with van der Waals surface area (Å²) in [4.78, 5) is 31.1. The maximum Gasteiger partial charge on any atom is 0.240 e. The third-order valence-corrected chi connectivity index (χ3v) is 8.85. The Morgan fingerprint density at radius 3 is 2.68 bits per heavy atom. The van der Waals surface area contributed by atoms with Gasteiger partial charge < -0.3 is 20.3 Å². The maximum absolute atomic E-state index is 13.7. The number of methoxy groups -OCH3 is 1. The summed E-state index contributed by atoms with van der Waals surface area (Å²) in [6.07, 6.45) is 1.31. The topological polar surface area (TPSA) is 108 Å². The molecule has 3 saturated carbocycles. The Kier molecular flexibility index (Phi) is 7.06. The number of aliphatic hydroxyl groups is 2. The number of aliphatic hydroxyl groups excluding tert-OH is 2. The van der Waals surface area contributed by atoms with Crippen molar-refractivity contribution in [2.45, 2.75) is 71.4 Å². The van der Waals surface area contributed by atoms with Gasteiger partial charge in [0.2, 0.25) is 5.91 Å². The van der Waals surface area contributed by atoms with E-state index in [1.807, 2.05) is 6.07 Å². The number of nitrogens with one attached hydrogen (secondary N) is 1. The van der Waals surface area contributed by atoms with Crippen molar-refractivity contribution in [1.82, 2.24) is 10.4 Å². The van der Waals surface area contributed by atoms with E-state index in [2.05, 4.69) is 26.1 Å². The molecule has 1 amide bonds. The minimum absolute atomic E-state index is 0.0712. The summed E-state index contributed by atoms with van der Waals surface area (Å²) < 4.78 is 5.46. The highest BCUT2D eigenvalue weighted by Gasteiger charge is 2.57. The summed E-state index contributed by atoms with van der Waals surface area (Å²) in [7, 11) is 1.49. The molecule has 1 aromatic rings. The van der Waals surface area contributed by atoms with E-state index in [9.17, 15) is 19.8 Å². The minimum Gasteiger partial charge on any atom is -0.496 e. The molecule has 0 aromatic heterocycles. The molecule has 4 aliphatic rings. The van der Waals surface area contributed by atoms with Gasteiger partial charge in [0.1, 0.15) is 17.9 Å². The number of ether oxygens (including phenoxy) is 1. The fraction of sp³-hybridized carbons (Fsp3) is 0.692. The zero-order valence-electron chi connectivity index (χ0n) is 20.7. The van der Waals surface area contributed by atoms with Gasteiger partial charge in [-0.05, 0) is 49.0 Å². The largest absolute Gasteiger partial charge is 0.496 e. The van der Waals surface area contributed by atoms with E-state index in [-0.39, 0.29) is 25.1 Å². The first-order valence-corrected chi connectivity index (χ1v) is 12.3. The number of carbonyl (C=O) groups excluding carboxylic acids is 2. The highest BCUT2D eigenvalue weighted by Crippen LogP contribution is 2.61. The van der Waals surface area contributed by atoms with Crippen LogP contribution in [0.25, 0.3) is 0 Å². The number of amides is 1. The van der Waals surface area contributed by atoms with E-state index in [1.54, 1.807) is 19.1 Å². The van der Waals surface area contributed by atoms with Crippen LogP contribution in [0.1, 0.15) is 56.5 Å². The fourth-order valence-electron chi connectivity index (χ4n) is 6.72. The monoisotopic (exact) mass is 474 g/mol. The van der Waals surface area contributed by atoms with Gasteiger partial charge in [0.15, 0.2) is 6.29 Å². The Morgan fingerprint density at radius 1 is 1.38 bits per heavy atom. The number of fused-ring (bicyclic) bond motifs is 2. The smallest absolute Gasteiger partial charge is 0.240 e. The van der Waals surface area contributed by atoms with Crippen LogP contribution >= 0.6 is 0 Å². The first-order chi connectivity index (χ1) is 16.1. The molecule has 1 heterocycles. The summed E-state index contributed by atoms with van der Waals surface area (Å²) in [6, 6.07) is 4.51. The minimum atomic E-state index is -0.864. The van der Waals surface area contributed by atoms with Gasteiger partial charge >= 0.3 is 0 Å². The summed E-state index contributed by atoms with van der Waals surface area (Å²) in [5, 5.41) is 25.3. The second-order valence-corrected chi connectivity index (χ2v) is 10.9. The molecule has 1 saturated heterocycles. The van der Waals surface area contributed by atoms with Crippen LogP contribution in [0, 0.1) is 29.1 Å². The number of para-hydroxylation sites is 1. The van der Waals surface area contributed by atoms with Crippen molar-refractivity contribution in [3.8, 4) is 5.75 Å². The van der Waals surface area contributed by atoms with Gasteiger partial charge in [0.25, 0.3) is 0 Å². The Bertz CT molecular complexity index is 919. The third-order valence-electron chi connectivity index (χ3n) is 8.85. The van der Waals surface area contributed by atoms with E-state index < -0.39 is 24.2 Å². The van der Waals surface area contributed by atoms with E-state index in [0.29, 0.717) is 40.0 Å². The van der Waals surface area contributed by atoms with Crippen molar-refractivity contribution in [2.75, 3.05) is 13.7 Å². The van der Waals surface area contributed by atoms with Crippen LogP contribution in [0.5, 0.6) is 5.75 Å². The molecule has 0 spiro atoms. The summed E-state index contributed by atoms with van der Waals surface area (Å²) in [6.45, 7) is 8.33. The molecule has 188 valence electrons. The Morgan fingerprint density at radius 2 is 2.12 bits per heavy atom. The summed E-state index contributed by atoms with van der Waals surface area (Å²) in [5.74, 6) is 1.16. The number of benzene rings is 1. The zero-order valence-corrected chi connectivity index (χ0v) is 20.7. The fourth-order valence-corrected chi connectivity index (χ4v) is 6.72. The average molecular weight is 475 g/mol. The van der Waals surface area contributed by atoms with E-state index in [1.165, 1.54) is 18.6 Å². The van der Waals surface area contributed by atoms with Gasteiger partial charge in [0, 0.05) is 17.5 Å². The molecule has 1 aromatic carbocycles. The molecule has 8 nitrogen and oxygen atoms in total. The average Bonchev–Trinajstić information content (AvgIpc) is 3.18. The van der Waals surface area contributed by atoms with Crippen LogP contribution < -0.4 is 10.1 Å². The van der Waals surface area contributed by atoms with Crippen LogP contribution in [-0.4, -0.2) is 65.5 Å². The second-order valence-electron chi connectivity index (χ2n) is 10.9. The lowest BCUT2D eigenvalue weighted by molar-refractivity contribution is -0.183. The number of carbonyl (C=O) groups is 2. The SMILES string of the molecule is COc1c(C=O)cccc1CN1O[C@@H](CO)[C@@H]([C@H](C)O)[C@H]1C(=O)NC1C[C@@H]2C[C@H]([C@@H]1C)C2(C)C. The van der Waals surface area contributed by atoms with Crippen LogP contribution in [0.3, 0.4) is 0 Å². The van der Waals surface area contributed by atoms with Gasteiger partial charge in [-0.15, -0.1) is 0 Å². The van der Waals surface area contributed by atoms with E-state index >= 15 is 0 Å². The molecular weight excluding hydrogens is 436 g/mol. The number of hydrogen-bond donors (Lipinski definition) is 3. The summed E-state index contributed by atoms with van der Waals surface area (Å²) in [5.41, 5.74) is 1.40. The molecule has 0 radical (unpaired) electrons. The van der Waals surface area contributed by atoms with E-state index in [4.69, 9.17) is 9.57 Å². The lowest BCUT2D eigenvalue weighted by Crippen LogP contribution is -2.62. The van der Waals surface area contributed by atoms with Gasteiger partial charge in [-0.2, -0.15) is 5.06 Å². The van der Waals surface area contributed by atoms with Crippen LogP contribution in [-0.2, 0) is 16.2 Å². The van der Waals surface area contributed by atoms with Crippen LogP contribution in [0.2, 0.25) is 0 Å². The first kappa shape index (κ1) is 25.1. The standard InChI is InChI=1S/C26H38N2O6/c1-14-19-9-18(26(19,3)4)10-20(14)27-25(32)23-22(15(2)31)21(13-30)34-28(23)11-16-7-6-8-17(12-29)24(16)33-5/h6-8,12,14-15,18-23,30-31H,9-11,13H2,1-5H3,(H,27,32)/t14-,15-,18-,19+,20?,21-,22+,23-/m0/s1. The number of aldehydes is 1. The summed E-state index contributed by atoms with van der Waals surface area (Å²) >= 11 is 0. The molecule has 1 aliphatic heterocycles. The Labute approximate surface area is 201 Å². The number of rotatable bonds is 8. The molecule has 8 atom stereocenters. The molecule has 4 fully saturated rings. The lowest BCUT2D eigenvalue weighted by Gasteiger charge is -2.62. The second kappa shape index (κ2) is 9.57. The maximum atomic E-state index is 13.7. The van der Waals surface area contributed by atoms with Crippen molar-refractivity contribution >= 4 is 12.2 Å². The molecule has 8 heteroatoms. The first-order valence-electron chi connectivity index (χ1n) is 12.3. The number of nitrogens with zero attached hydrogens (tertiary/aromatic N) is 1. The highest BCUT2D eigenvalue weighted by molar-refractivity contribution is 5.83. The Balaban J connectivity index is 1.58. The normalized spacial score (nSPS) is 35.3. The van der Waals surface area contributed by atoms with Gasteiger partial charge in [-0.25, -0.2) is 0 Å². The quantitative estimate of drug-likeness (QED) is 0.496. The molecular formula is C26H38N2O6. The molecule has 3 N–H and O–H groups in total. The van der Waals surface area contributed by atoms with Crippen molar-refractivity contribution in [3.05, 3.63) is 29.3 Å². The molecule has 5 rings (SSSR count). The number of hydroxylamine groups is 2. The highest BCUT2D eigenvalue weighted by atomic mass is 16.7. The van der Waals surface area contributed by atoms with Gasteiger partial charge in [-0.3, -0.25) is 14.4 Å². The predicted octanol–water partition coefficient (Wildman–Crippen LogP) is 2.17. The van der Waals surface area contributed by atoms with E-state index in [0.717, 1.165) is 12.7 Å². The molecule has 34 heavy (non-hydrogen) atoms. The van der Waals surface area contributed by atoms with Crippen molar-refractivity contribution in [1.29, 1.82) is 0 Å². The molecule has 3 aliphatic carbocycles. The molecule has 1 unspecified atom stereocenters. The zero-order chi connectivity index (χ0) is 24.8. The van der Waals surface area contributed by atoms with Crippen molar-refractivity contribution in [3.63, 3.8) is 0 Å². The van der Waals surface area contributed by atoms with Crippen molar-refractivity contribution < 1.29 is 29.4 Å². The van der Waals surface area contributed by atoms with Crippen molar-refractivity contribution in [2.24, 2.45) is 29.1 Å². The van der Waals surface area contributed by atoms with Gasteiger partial charge in [-0.1, -0.05) is 32.9 Å². The predicted molar refractivity (Wildman–Crippen MR) is 126 cm³/mol. The molecule has 2 bridgehead atoms. The number of hydrogen-bond acceptors (Lipinski definition) is 7. The third kappa shape index (κ3) is 4.15. The Hall–Kier alpha value is -2.00. The van der Waals surface area contributed by atoms with Gasteiger partial charge in [0.05, 0.1) is 31.9 Å². The van der Waals surface area contributed by atoms with Crippen LogP contribution in [0.15, 0.2) is 18.2 Å².